The molecule has 1 heterocycles. The standard InChI is InChI=1S/C9H7F2N3O2S2/c1-14-5-12-17-9(14)13-18(15,16)8-4-6(10)2-3-7(8)11/h2-5H,1H3. The van der Waals surface area contributed by atoms with Gasteiger partial charge in [0.15, 0.2) is 0 Å². The first-order chi connectivity index (χ1) is 8.40. The molecule has 0 N–H and O–H groups in total. The predicted octanol–water partition coefficient (Wildman–Crippen LogP) is 1.05. The Morgan fingerprint density at radius 1 is 1.39 bits per heavy atom. The maximum atomic E-state index is 13.4. The first kappa shape index (κ1) is 12.8. The first-order valence-electron chi connectivity index (χ1n) is 4.63. The smallest absolute Gasteiger partial charge is 0.288 e. The molecule has 5 nitrogen and oxygen atoms in total. The van der Waals surface area contributed by atoms with Crippen LogP contribution in [0.5, 0.6) is 0 Å². The highest BCUT2D eigenvalue weighted by molar-refractivity contribution is 7.90. The summed E-state index contributed by atoms with van der Waals surface area (Å²) < 4.78 is 58.4. The van der Waals surface area contributed by atoms with Crippen molar-refractivity contribution < 1.29 is 17.2 Å². The van der Waals surface area contributed by atoms with Crippen molar-refractivity contribution in [2.45, 2.75) is 4.90 Å². The molecule has 0 spiro atoms. The molecule has 0 radical (unpaired) electrons. The van der Waals surface area contributed by atoms with Gasteiger partial charge in [0.2, 0.25) is 4.80 Å². The molecule has 0 aliphatic rings. The van der Waals surface area contributed by atoms with E-state index in [0.717, 1.165) is 23.7 Å². The van der Waals surface area contributed by atoms with Crippen LogP contribution in [0.3, 0.4) is 0 Å². The molecule has 2 rings (SSSR count). The zero-order chi connectivity index (χ0) is 13.3. The van der Waals surface area contributed by atoms with E-state index in [-0.39, 0.29) is 4.80 Å². The third kappa shape index (κ3) is 2.46. The van der Waals surface area contributed by atoms with E-state index in [9.17, 15) is 17.2 Å². The molecule has 9 heteroatoms. The predicted molar refractivity (Wildman–Crippen MR) is 60.2 cm³/mol. The van der Waals surface area contributed by atoms with E-state index in [2.05, 4.69) is 8.77 Å². The van der Waals surface area contributed by atoms with Crippen LogP contribution in [0.4, 0.5) is 8.78 Å². The molecule has 0 bridgehead atoms. The lowest BCUT2D eigenvalue weighted by atomic mass is 10.3. The second kappa shape index (κ2) is 4.58. The number of aryl methyl sites for hydroxylation is 1. The molecule has 2 aromatic rings. The van der Waals surface area contributed by atoms with E-state index in [1.807, 2.05) is 0 Å². The molecule has 0 fully saturated rings. The van der Waals surface area contributed by atoms with Crippen molar-refractivity contribution in [3.05, 3.63) is 41.0 Å². The van der Waals surface area contributed by atoms with Crippen LogP contribution in [0.15, 0.2) is 33.8 Å². The Hall–Kier alpha value is -1.61. The summed E-state index contributed by atoms with van der Waals surface area (Å²) in [4.78, 5) is -0.727. The van der Waals surface area contributed by atoms with E-state index in [1.54, 1.807) is 7.05 Å². The van der Waals surface area contributed by atoms with Gasteiger partial charge < -0.3 is 4.57 Å². The lowest BCUT2D eigenvalue weighted by Crippen LogP contribution is -2.13. The molecule has 0 saturated heterocycles. The summed E-state index contributed by atoms with van der Waals surface area (Å²) in [5.74, 6) is -1.90. The third-order valence-electron chi connectivity index (χ3n) is 2.03. The van der Waals surface area contributed by atoms with Gasteiger partial charge in [-0.3, -0.25) is 0 Å². The molecule has 0 saturated carbocycles. The normalized spacial score (nSPS) is 12.9. The quantitative estimate of drug-likeness (QED) is 0.830. The maximum Gasteiger partial charge on any atom is 0.288 e. The highest BCUT2D eigenvalue weighted by Crippen LogP contribution is 2.17. The van der Waals surface area contributed by atoms with Crippen molar-refractivity contribution in [3.8, 4) is 0 Å². The Labute approximate surface area is 105 Å². The number of aromatic nitrogens is 2. The minimum Gasteiger partial charge on any atom is -0.309 e. The van der Waals surface area contributed by atoms with E-state index in [1.165, 1.54) is 10.9 Å². The average molecular weight is 291 g/mol. The fourth-order valence-electron chi connectivity index (χ4n) is 1.16. The Kier molecular flexibility index (Phi) is 3.26. The molecule has 0 aliphatic carbocycles. The summed E-state index contributed by atoms with van der Waals surface area (Å²) in [6.45, 7) is 0. The zero-order valence-electron chi connectivity index (χ0n) is 9.04. The Morgan fingerprint density at radius 3 is 2.72 bits per heavy atom. The van der Waals surface area contributed by atoms with Crippen molar-refractivity contribution in [2.24, 2.45) is 11.4 Å². The second-order valence-electron chi connectivity index (χ2n) is 3.35. The summed E-state index contributed by atoms with van der Waals surface area (Å²) in [5, 5.41) is 0. The van der Waals surface area contributed by atoms with E-state index >= 15 is 0 Å². The van der Waals surface area contributed by atoms with Crippen LogP contribution in [-0.4, -0.2) is 17.4 Å². The molecular formula is C9H7F2N3O2S2. The number of hydrogen-bond acceptors (Lipinski definition) is 4. The van der Waals surface area contributed by atoms with Crippen LogP contribution < -0.4 is 4.80 Å². The Morgan fingerprint density at radius 2 is 2.11 bits per heavy atom. The third-order valence-corrected chi connectivity index (χ3v) is 4.17. The summed E-state index contributed by atoms with van der Waals surface area (Å²) in [7, 11) is -2.76. The van der Waals surface area contributed by atoms with Crippen molar-refractivity contribution >= 4 is 21.6 Å². The van der Waals surface area contributed by atoms with Crippen LogP contribution in [-0.2, 0) is 17.1 Å². The number of halogens is 2. The molecule has 0 atom stereocenters. The van der Waals surface area contributed by atoms with Crippen LogP contribution in [0.25, 0.3) is 0 Å². The topological polar surface area (TPSA) is 64.3 Å². The molecule has 0 amide bonds. The fraction of sp³-hybridized carbons (Fsp3) is 0.111. The minimum atomic E-state index is -4.30. The van der Waals surface area contributed by atoms with Crippen LogP contribution in [0, 0.1) is 11.6 Å². The number of nitrogens with zero attached hydrogens (tertiary/aromatic N) is 3. The van der Waals surface area contributed by atoms with Gasteiger partial charge in [-0.05, 0) is 18.2 Å². The van der Waals surface area contributed by atoms with Crippen molar-refractivity contribution in [3.63, 3.8) is 0 Å². The van der Waals surface area contributed by atoms with Gasteiger partial charge in [0.25, 0.3) is 10.0 Å². The van der Waals surface area contributed by atoms with Crippen LogP contribution in [0.1, 0.15) is 0 Å². The lowest BCUT2D eigenvalue weighted by Gasteiger charge is -2.00. The largest absolute Gasteiger partial charge is 0.309 e. The zero-order valence-corrected chi connectivity index (χ0v) is 10.7. The van der Waals surface area contributed by atoms with Gasteiger partial charge in [-0.25, -0.2) is 8.78 Å². The number of hydrogen-bond donors (Lipinski definition) is 0. The molecule has 18 heavy (non-hydrogen) atoms. The average Bonchev–Trinajstić information content (AvgIpc) is 2.67. The molecule has 0 unspecified atom stereocenters. The second-order valence-corrected chi connectivity index (χ2v) is 5.68. The SMILES string of the molecule is Cn1cnsc1=NS(=O)(=O)c1cc(F)ccc1F. The van der Waals surface area contributed by atoms with Gasteiger partial charge in [-0.1, -0.05) is 0 Å². The van der Waals surface area contributed by atoms with Crippen molar-refractivity contribution in [1.29, 1.82) is 0 Å². The highest BCUT2D eigenvalue weighted by Gasteiger charge is 2.19. The van der Waals surface area contributed by atoms with Crippen molar-refractivity contribution in [1.82, 2.24) is 8.94 Å². The highest BCUT2D eigenvalue weighted by atomic mass is 32.2. The molecular weight excluding hydrogens is 284 g/mol. The summed E-state index contributed by atoms with van der Waals surface area (Å²) in [6.07, 6.45) is 1.36. The Balaban J connectivity index is 2.64. The number of rotatable bonds is 2. The first-order valence-corrected chi connectivity index (χ1v) is 6.85. The monoisotopic (exact) mass is 291 g/mol. The van der Waals surface area contributed by atoms with E-state index in [0.29, 0.717) is 6.07 Å². The van der Waals surface area contributed by atoms with Crippen LogP contribution >= 0.6 is 11.5 Å². The summed E-state index contributed by atoms with van der Waals surface area (Å²) in [5.41, 5.74) is 0. The summed E-state index contributed by atoms with van der Waals surface area (Å²) >= 11 is 0.832. The Bertz CT molecular complexity index is 749. The van der Waals surface area contributed by atoms with E-state index in [4.69, 9.17) is 0 Å². The lowest BCUT2D eigenvalue weighted by molar-refractivity contribution is 0.553. The van der Waals surface area contributed by atoms with Crippen LogP contribution in [0.2, 0.25) is 0 Å². The van der Waals surface area contributed by atoms with Gasteiger partial charge in [-0.15, -0.1) is 4.40 Å². The minimum absolute atomic E-state index is 0.0682. The molecule has 1 aromatic carbocycles. The van der Waals surface area contributed by atoms with Gasteiger partial charge in [0.05, 0.1) is 0 Å². The molecule has 96 valence electrons. The maximum absolute atomic E-state index is 13.4. The van der Waals surface area contributed by atoms with Gasteiger partial charge in [0, 0.05) is 18.6 Å². The summed E-state index contributed by atoms with van der Waals surface area (Å²) in [6, 6.07) is 2.17. The molecule has 1 aromatic heterocycles. The van der Waals surface area contributed by atoms with Gasteiger partial charge in [0.1, 0.15) is 22.9 Å². The molecule has 0 aliphatic heterocycles. The van der Waals surface area contributed by atoms with E-state index < -0.39 is 26.6 Å². The number of sulfonamides is 1. The van der Waals surface area contributed by atoms with Gasteiger partial charge in [-0.2, -0.15) is 12.8 Å². The fourth-order valence-corrected chi connectivity index (χ4v) is 3.06. The van der Waals surface area contributed by atoms with Gasteiger partial charge >= 0.3 is 0 Å². The number of benzene rings is 1. The van der Waals surface area contributed by atoms with Crippen molar-refractivity contribution in [2.75, 3.05) is 0 Å².